The van der Waals surface area contributed by atoms with Crippen LogP contribution < -0.4 is 16.4 Å². The number of carbonyl (C=O) groups excluding carboxylic acids is 2. The van der Waals surface area contributed by atoms with Crippen LogP contribution >= 0.6 is 0 Å². The van der Waals surface area contributed by atoms with Crippen LogP contribution in [0.3, 0.4) is 0 Å². The van der Waals surface area contributed by atoms with Gasteiger partial charge in [-0.05, 0) is 55.8 Å². The fraction of sp³-hybridized carbons (Fsp3) is 0.263. The Morgan fingerprint density at radius 1 is 1.04 bits per heavy atom. The summed E-state index contributed by atoms with van der Waals surface area (Å²) in [5.74, 6) is -0.319. The monoisotopic (exact) mass is 404 g/mol. The summed E-state index contributed by atoms with van der Waals surface area (Å²) in [5.41, 5.74) is 6.80. The van der Waals surface area contributed by atoms with E-state index in [0.717, 1.165) is 5.56 Å². The Morgan fingerprint density at radius 2 is 1.61 bits per heavy atom. The van der Waals surface area contributed by atoms with E-state index in [1.807, 2.05) is 0 Å². The van der Waals surface area contributed by atoms with E-state index in [-0.39, 0.29) is 23.4 Å². The molecule has 0 aliphatic rings. The molecular formula is C19H24N4O4S. The second-order valence-electron chi connectivity index (χ2n) is 6.51. The molecule has 0 saturated heterocycles. The lowest BCUT2D eigenvalue weighted by molar-refractivity contribution is 0.0950. The molecule has 0 fully saturated rings. The number of nitrogens with zero attached hydrogens (tertiary/aromatic N) is 1. The Morgan fingerprint density at radius 3 is 2.11 bits per heavy atom. The molecule has 8 nitrogen and oxygen atoms in total. The first kappa shape index (κ1) is 21.4. The van der Waals surface area contributed by atoms with E-state index < -0.39 is 16.1 Å². The number of sulfonamides is 1. The normalized spacial score (nSPS) is 11.5. The number of rotatable bonds is 7. The van der Waals surface area contributed by atoms with Crippen LogP contribution in [0.2, 0.25) is 0 Å². The van der Waals surface area contributed by atoms with Crippen LogP contribution in [0, 0.1) is 0 Å². The molecule has 0 heterocycles. The van der Waals surface area contributed by atoms with Crippen molar-refractivity contribution in [3.05, 3.63) is 59.7 Å². The van der Waals surface area contributed by atoms with Gasteiger partial charge >= 0.3 is 6.03 Å². The average Bonchev–Trinajstić information content (AvgIpc) is 2.66. The minimum Gasteiger partial charge on any atom is -0.351 e. The van der Waals surface area contributed by atoms with Crippen LogP contribution in [0.1, 0.15) is 29.8 Å². The molecule has 9 heteroatoms. The maximum atomic E-state index is 12.5. The molecule has 3 amide bonds. The standard InChI is InChI=1S/C19H24N4O4S/c1-13(2)23(3)28(26,27)17-10-6-15(7-11-17)18(24)21-12-14-4-8-16(9-5-14)22-19(20)25/h4-11,13H,12H2,1-3H3,(H,21,24)(H3,20,22,25). The average molecular weight is 404 g/mol. The summed E-state index contributed by atoms with van der Waals surface area (Å²) in [6, 6.07) is 11.9. The molecule has 0 aliphatic heterocycles. The van der Waals surface area contributed by atoms with Gasteiger partial charge in [-0.3, -0.25) is 4.79 Å². The zero-order valence-electron chi connectivity index (χ0n) is 16.0. The first-order valence-corrected chi connectivity index (χ1v) is 10.1. The molecule has 2 aromatic carbocycles. The van der Waals surface area contributed by atoms with Crippen molar-refractivity contribution >= 4 is 27.6 Å². The number of nitrogens with two attached hydrogens (primary N) is 1. The lowest BCUT2D eigenvalue weighted by atomic mass is 10.2. The SMILES string of the molecule is CC(C)N(C)S(=O)(=O)c1ccc(C(=O)NCc2ccc(NC(N)=O)cc2)cc1. The number of amides is 3. The molecule has 0 saturated carbocycles. The van der Waals surface area contributed by atoms with Crippen molar-refractivity contribution in [2.75, 3.05) is 12.4 Å². The molecule has 0 spiro atoms. The number of urea groups is 1. The van der Waals surface area contributed by atoms with Gasteiger partial charge in [-0.2, -0.15) is 4.31 Å². The van der Waals surface area contributed by atoms with Crippen molar-refractivity contribution in [1.82, 2.24) is 9.62 Å². The highest BCUT2D eigenvalue weighted by atomic mass is 32.2. The van der Waals surface area contributed by atoms with Crippen LogP contribution in [0.4, 0.5) is 10.5 Å². The minimum absolute atomic E-state index is 0.137. The van der Waals surface area contributed by atoms with E-state index >= 15 is 0 Å². The summed E-state index contributed by atoms with van der Waals surface area (Å²) in [7, 11) is -2.07. The van der Waals surface area contributed by atoms with E-state index in [0.29, 0.717) is 11.3 Å². The van der Waals surface area contributed by atoms with Gasteiger partial charge in [-0.25, -0.2) is 13.2 Å². The highest BCUT2D eigenvalue weighted by Gasteiger charge is 2.23. The molecule has 4 N–H and O–H groups in total. The molecule has 0 unspecified atom stereocenters. The molecule has 0 atom stereocenters. The van der Waals surface area contributed by atoms with Crippen LogP contribution in [0.15, 0.2) is 53.4 Å². The van der Waals surface area contributed by atoms with Crippen LogP contribution in [-0.4, -0.2) is 37.8 Å². The molecule has 28 heavy (non-hydrogen) atoms. The molecule has 2 aromatic rings. The Bertz CT molecular complexity index is 939. The second-order valence-corrected chi connectivity index (χ2v) is 8.51. The summed E-state index contributed by atoms with van der Waals surface area (Å²) in [4.78, 5) is 23.2. The van der Waals surface area contributed by atoms with Gasteiger partial charge in [0.05, 0.1) is 4.90 Å². The van der Waals surface area contributed by atoms with Crippen molar-refractivity contribution in [1.29, 1.82) is 0 Å². The topological polar surface area (TPSA) is 122 Å². The zero-order valence-corrected chi connectivity index (χ0v) is 16.8. The quantitative estimate of drug-likeness (QED) is 0.654. The number of benzene rings is 2. The Balaban J connectivity index is 2.00. The third kappa shape index (κ3) is 5.30. The number of carbonyl (C=O) groups is 2. The Labute approximate surface area is 164 Å². The highest BCUT2D eigenvalue weighted by molar-refractivity contribution is 7.89. The van der Waals surface area contributed by atoms with Gasteiger partial charge in [0, 0.05) is 30.9 Å². The Hall–Kier alpha value is -2.91. The van der Waals surface area contributed by atoms with Gasteiger partial charge in [0.1, 0.15) is 0 Å². The first-order chi connectivity index (χ1) is 13.1. The first-order valence-electron chi connectivity index (χ1n) is 8.63. The molecule has 0 aliphatic carbocycles. The predicted octanol–water partition coefficient (Wildman–Crippen LogP) is 2.14. The van der Waals surface area contributed by atoms with Crippen molar-refractivity contribution in [2.24, 2.45) is 5.73 Å². The fourth-order valence-corrected chi connectivity index (χ4v) is 3.72. The van der Waals surface area contributed by atoms with Gasteiger partial charge in [-0.1, -0.05) is 12.1 Å². The van der Waals surface area contributed by atoms with E-state index in [9.17, 15) is 18.0 Å². The maximum absolute atomic E-state index is 12.5. The van der Waals surface area contributed by atoms with Gasteiger partial charge < -0.3 is 16.4 Å². The van der Waals surface area contributed by atoms with Crippen molar-refractivity contribution < 1.29 is 18.0 Å². The number of primary amides is 1. The van der Waals surface area contributed by atoms with Crippen LogP contribution in [0.5, 0.6) is 0 Å². The molecule has 0 aromatic heterocycles. The summed E-state index contributed by atoms with van der Waals surface area (Å²) in [5, 5.41) is 5.22. The minimum atomic E-state index is -3.59. The number of hydrogen-bond acceptors (Lipinski definition) is 4. The van der Waals surface area contributed by atoms with Crippen molar-refractivity contribution in [3.63, 3.8) is 0 Å². The Kier molecular flexibility index (Phi) is 6.76. The summed E-state index contributed by atoms with van der Waals surface area (Å²) in [6.45, 7) is 3.86. The summed E-state index contributed by atoms with van der Waals surface area (Å²) >= 11 is 0. The van der Waals surface area contributed by atoms with Gasteiger partial charge in [0.15, 0.2) is 0 Å². The molecule has 150 valence electrons. The smallest absolute Gasteiger partial charge is 0.316 e. The van der Waals surface area contributed by atoms with Crippen molar-refractivity contribution in [3.8, 4) is 0 Å². The van der Waals surface area contributed by atoms with Gasteiger partial charge in [0.2, 0.25) is 10.0 Å². The van der Waals surface area contributed by atoms with Gasteiger partial charge in [-0.15, -0.1) is 0 Å². The van der Waals surface area contributed by atoms with E-state index in [4.69, 9.17) is 5.73 Å². The molecule has 2 rings (SSSR count). The largest absolute Gasteiger partial charge is 0.351 e. The fourth-order valence-electron chi connectivity index (χ4n) is 2.35. The van der Waals surface area contributed by atoms with E-state index in [2.05, 4.69) is 10.6 Å². The molecular weight excluding hydrogens is 380 g/mol. The van der Waals surface area contributed by atoms with E-state index in [1.54, 1.807) is 38.1 Å². The third-order valence-corrected chi connectivity index (χ3v) is 6.24. The lowest BCUT2D eigenvalue weighted by Crippen LogP contribution is -2.33. The number of anilines is 1. The molecule has 0 radical (unpaired) electrons. The van der Waals surface area contributed by atoms with Gasteiger partial charge in [0.25, 0.3) is 5.91 Å². The van der Waals surface area contributed by atoms with Crippen LogP contribution in [-0.2, 0) is 16.6 Å². The van der Waals surface area contributed by atoms with Crippen molar-refractivity contribution in [2.45, 2.75) is 31.3 Å². The lowest BCUT2D eigenvalue weighted by Gasteiger charge is -2.21. The van der Waals surface area contributed by atoms with Crippen LogP contribution in [0.25, 0.3) is 0 Å². The molecule has 0 bridgehead atoms. The zero-order chi connectivity index (χ0) is 20.9. The maximum Gasteiger partial charge on any atom is 0.316 e. The number of hydrogen-bond donors (Lipinski definition) is 3. The summed E-state index contributed by atoms with van der Waals surface area (Å²) in [6.07, 6.45) is 0. The predicted molar refractivity (Wildman–Crippen MR) is 107 cm³/mol. The number of nitrogens with one attached hydrogen (secondary N) is 2. The summed E-state index contributed by atoms with van der Waals surface area (Å²) < 4.78 is 26.2. The highest BCUT2D eigenvalue weighted by Crippen LogP contribution is 2.17. The van der Waals surface area contributed by atoms with E-state index in [1.165, 1.54) is 35.6 Å². The second kappa shape index (κ2) is 8.85. The third-order valence-electron chi connectivity index (χ3n) is 4.20.